The van der Waals surface area contributed by atoms with Gasteiger partial charge in [0, 0.05) is 0 Å². The minimum Gasteiger partial charge on any atom is -0.446 e. The fourth-order valence-electron chi connectivity index (χ4n) is 2.69. The second-order valence-corrected chi connectivity index (χ2v) is 7.08. The Hall–Kier alpha value is -2.45. The predicted molar refractivity (Wildman–Crippen MR) is 97.5 cm³/mol. The number of unbranched alkanes of at least 4 members (excludes halogenated alkanes) is 1. The van der Waals surface area contributed by atoms with E-state index in [9.17, 15) is 14.4 Å². The predicted octanol–water partition coefficient (Wildman–Crippen LogP) is 2.22. The smallest absolute Gasteiger partial charge is 0.408 e. The van der Waals surface area contributed by atoms with Gasteiger partial charge in [-0.25, -0.2) is 4.79 Å². The molecule has 27 heavy (non-hydrogen) atoms. The molecule has 0 unspecified atom stereocenters. The van der Waals surface area contributed by atoms with Crippen molar-refractivity contribution in [2.24, 2.45) is 11.8 Å². The number of Topliss-reactive ketones (excluding diaryl/α,β-unsaturated/α-hetero) is 1. The largest absolute Gasteiger partial charge is 0.446 e. The summed E-state index contributed by atoms with van der Waals surface area (Å²) in [5.74, 6) is -1.09. The highest BCUT2D eigenvalue weighted by Crippen LogP contribution is 2.16. The number of nitrogens with one attached hydrogen (secondary N) is 2. The van der Waals surface area contributed by atoms with Crippen LogP contribution < -0.4 is 10.6 Å². The van der Waals surface area contributed by atoms with E-state index in [2.05, 4.69) is 20.8 Å². The third-order valence-corrected chi connectivity index (χ3v) is 4.04. The molecule has 0 bridgehead atoms. The van der Waals surface area contributed by atoms with E-state index in [0.717, 1.165) is 12.8 Å². The molecule has 0 saturated heterocycles. The molecule has 9 heteroatoms. The molecular formula is C18H30N4O5. The number of rotatable bonds is 11. The van der Waals surface area contributed by atoms with Gasteiger partial charge in [0.2, 0.25) is 18.1 Å². The summed E-state index contributed by atoms with van der Waals surface area (Å²) in [5, 5.41) is 12.1. The van der Waals surface area contributed by atoms with Crippen LogP contribution in [0.15, 0.2) is 10.8 Å². The van der Waals surface area contributed by atoms with E-state index in [1.165, 1.54) is 0 Å². The van der Waals surface area contributed by atoms with Crippen molar-refractivity contribution in [1.82, 2.24) is 20.8 Å². The summed E-state index contributed by atoms with van der Waals surface area (Å²) < 4.78 is 10.4. The average Bonchev–Trinajstić information content (AvgIpc) is 3.13. The second-order valence-electron chi connectivity index (χ2n) is 7.08. The van der Waals surface area contributed by atoms with Gasteiger partial charge in [-0.1, -0.05) is 47.5 Å². The van der Waals surface area contributed by atoms with Crippen molar-refractivity contribution in [2.45, 2.75) is 72.6 Å². The maximum absolute atomic E-state index is 12.4. The van der Waals surface area contributed by atoms with Gasteiger partial charge in [0.05, 0.1) is 6.54 Å². The lowest BCUT2D eigenvalue weighted by Gasteiger charge is -2.26. The standard InChI is InChI=1S/C18H30N4O5/c1-6-7-8-13(21-18(25)27-16(11(2)3)12(4)5)15(23)17(24)19-9-14-22-20-10-26-14/h10-13,16H,6-9H2,1-5H3,(H,19,24)(H,21,25)/t13-/m0/s1. The zero-order valence-corrected chi connectivity index (χ0v) is 16.7. The van der Waals surface area contributed by atoms with E-state index < -0.39 is 23.8 Å². The summed E-state index contributed by atoms with van der Waals surface area (Å²) in [6, 6.07) is -0.944. The first kappa shape index (κ1) is 22.6. The number of carbonyl (C=O) groups excluding carboxylic acids is 3. The van der Waals surface area contributed by atoms with Crippen molar-refractivity contribution in [1.29, 1.82) is 0 Å². The summed E-state index contributed by atoms with van der Waals surface area (Å²) in [4.78, 5) is 36.8. The molecule has 0 aliphatic heterocycles. The Balaban J connectivity index is 2.67. The number of alkyl carbamates (subject to hydrolysis) is 1. The highest BCUT2D eigenvalue weighted by molar-refractivity contribution is 6.38. The lowest BCUT2D eigenvalue weighted by Crippen LogP contribution is -2.48. The molecular weight excluding hydrogens is 352 g/mol. The first-order chi connectivity index (χ1) is 12.8. The SMILES string of the molecule is CCCC[C@H](NC(=O)OC(C(C)C)C(C)C)C(=O)C(=O)NCc1nnco1. The number of aromatic nitrogens is 2. The van der Waals surface area contributed by atoms with Crippen LogP contribution in [0.3, 0.4) is 0 Å². The Bertz CT molecular complexity index is 593. The summed E-state index contributed by atoms with van der Waals surface area (Å²) in [5.41, 5.74) is 0. The van der Waals surface area contributed by atoms with Gasteiger partial charge in [0.25, 0.3) is 5.91 Å². The van der Waals surface area contributed by atoms with E-state index >= 15 is 0 Å². The maximum Gasteiger partial charge on any atom is 0.408 e. The van der Waals surface area contributed by atoms with Gasteiger partial charge in [-0.05, 0) is 18.3 Å². The van der Waals surface area contributed by atoms with Crippen molar-refractivity contribution in [3.8, 4) is 0 Å². The van der Waals surface area contributed by atoms with Gasteiger partial charge in [-0.15, -0.1) is 10.2 Å². The molecule has 0 radical (unpaired) electrons. The molecule has 1 heterocycles. The molecule has 0 fully saturated rings. The third-order valence-electron chi connectivity index (χ3n) is 4.04. The van der Waals surface area contributed by atoms with Crippen LogP contribution in [0, 0.1) is 11.8 Å². The summed E-state index contributed by atoms with van der Waals surface area (Å²) in [6.45, 7) is 9.75. The number of ether oxygens (including phenoxy) is 1. The first-order valence-electron chi connectivity index (χ1n) is 9.30. The van der Waals surface area contributed by atoms with Crippen LogP contribution in [0.25, 0.3) is 0 Å². The molecule has 0 aromatic carbocycles. The van der Waals surface area contributed by atoms with Crippen LogP contribution in [0.1, 0.15) is 59.8 Å². The minimum absolute atomic E-state index is 0.0573. The molecule has 1 aromatic rings. The normalized spacial score (nSPS) is 12.3. The Morgan fingerprint density at radius 2 is 1.85 bits per heavy atom. The Morgan fingerprint density at radius 3 is 2.37 bits per heavy atom. The van der Waals surface area contributed by atoms with Gasteiger partial charge < -0.3 is 19.8 Å². The van der Waals surface area contributed by atoms with Crippen molar-refractivity contribution in [3.05, 3.63) is 12.3 Å². The second kappa shape index (κ2) is 11.3. The quantitative estimate of drug-likeness (QED) is 0.562. The maximum atomic E-state index is 12.4. The molecule has 0 aliphatic carbocycles. The molecule has 1 atom stereocenters. The van der Waals surface area contributed by atoms with E-state index in [0.29, 0.717) is 12.8 Å². The fraction of sp³-hybridized carbons (Fsp3) is 0.722. The van der Waals surface area contributed by atoms with Crippen LogP contribution in [0.5, 0.6) is 0 Å². The third kappa shape index (κ3) is 7.76. The van der Waals surface area contributed by atoms with Crippen molar-refractivity contribution >= 4 is 17.8 Å². The van der Waals surface area contributed by atoms with Crippen LogP contribution in [-0.4, -0.2) is 40.1 Å². The van der Waals surface area contributed by atoms with Gasteiger partial charge in [-0.2, -0.15) is 0 Å². The topological polar surface area (TPSA) is 123 Å². The number of ketones is 1. The lowest BCUT2D eigenvalue weighted by atomic mass is 9.96. The number of nitrogens with zero attached hydrogens (tertiary/aromatic N) is 2. The Morgan fingerprint density at radius 1 is 1.19 bits per heavy atom. The molecule has 1 aromatic heterocycles. The monoisotopic (exact) mass is 382 g/mol. The molecule has 2 amide bonds. The van der Waals surface area contributed by atoms with Gasteiger partial charge in [-0.3, -0.25) is 9.59 Å². The van der Waals surface area contributed by atoms with E-state index in [1.54, 1.807) is 0 Å². The molecule has 152 valence electrons. The van der Waals surface area contributed by atoms with Crippen molar-refractivity contribution < 1.29 is 23.5 Å². The van der Waals surface area contributed by atoms with Gasteiger partial charge >= 0.3 is 6.09 Å². The zero-order valence-electron chi connectivity index (χ0n) is 16.7. The van der Waals surface area contributed by atoms with Crippen molar-refractivity contribution in [2.75, 3.05) is 0 Å². The van der Waals surface area contributed by atoms with Gasteiger partial charge in [0.15, 0.2) is 0 Å². The van der Waals surface area contributed by atoms with Gasteiger partial charge in [0.1, 0.15) is 12.1 Å². The Kier molecular flexibility index (Phi) is 9.46. The highest BCUT2D eigenvalue weighted by atomic mass is 16.6. The number of hydrogen-bond acceptors (Lipinski definition) is 7. The first-order valence-corrected chi connectivity index (χ1v) is 9.30. The van der Waals surface area contributed by atoms with Crippen LogP contribution in [-0.2, 0) is 20.9 Å². The highest BCUT2D eigenvalue weighted by Gasteiger charge is 2.29. The van der Waals surface area contributed by atoms with E-state index in [4.69, 9.17) is 9.15 Å². The zero-order chi connectivity index (χ0) is 20.4. The van der Waals surface area contributed by atoms with Crippen LogP contribution in [0.4, 0.5) is 4.79 Å². The molecule has 0 aliphatic rings. The molecule has 0 saturated carbocycles. The van der Waals surface area contributed by atoms with E-state index in [1.807, 2.05) is 34.6 Å². The lowest BCUT2D eigenvalue weighted by molar-refractivity contribution is -0.139. The van der Waals surface area contributed by atoms with Crippen LogP contribution >= 0.6 is 0 Å². The average molecular weight is 382 g/mol. The molecule has 1 rings (SSSR count). The van der Waals surface area contributed by atoms with Crippen LogP contribution in [0.2, 0.25) is 0 Å². The molecule has 0 spiro atoms. The fourth-order valence-corrected chi connectivity index (χ4v) is 2.69. The minimum atomic E-state index is -0.944. The summed E-state index contributed by atoms with van der Waals surface area (Å²) in [7, 11) is 0. The Labute approximate surface area is 159 Å². The summed E-state index contributed by atoms with van der Waals surface area (Å²) >= 11 is 0. The number of carbonyl (C=O) groups is 3. The molecule has 2 N–H and O–H groups in total. The number of amides is 2. The van der Waals surface area contributed by atoms with E-state index in [-0.39, 0.29) is 30.4 Å². The number of hydrogen-bond donors (Lipinski definition) is 2. The molecule has 9 nitrogen and oxygen atoms in total. The summed E-state index contributed by atoms with van der Waals surface area (Å²) in [6.07, 6.45) is 2.02. The van der Waals surface area contributed by atoms with Crippen molar-refractivity contribution in [3.63, 3.8) is 0 Å².